The summed E-state index contributed by atoms with van der Waals surface area (Å²) in [6, 6.07) is 12.1. The van der Waals surface area contributed by atoms with E-state index < -0.39 is 0 Å². The van der Waals surface area contributed by atoms with Gasteiger partial charge >= 0.3 is 0 Å². The predicted octanol–water partition coefficient (Wildman–Crippen LogP) is 3.45. The molecule has 2 heterocycles. The molecule has 2 aromatic heterocycles. The number of aryl methyl sites for hydroxylation is 3. The Balaban J connectivity index is 1.75. The molecule has 0 fully saturated rings. The summed E-state index contributed by atoms with van der Waals surface area (Å²) in [5, 5.41) is 11.9. The van der Waals surface area contributed by atoms with Crippen molar-refractivity contribution in [3.63, 3.8) is 0 Å². The van der Waals surface area contributed by atoms with Gasteiger partial charge in [-0.2, -0.15) is 5.10 Å². The van der Waals surface area contributed by atoms with Gasteiger partial charge in [0.25, 0.3) is 5.91 Å². The molecule has 3 aromatic rings. The highest BCUT2D eigenvalue weighted by Gasteiger charge is 2.18. The molecule has 142 valence electrons. The monoisotopic (exact) mass is 365 g/mol. The van der Waals surface area contributed by atoms with Gasteiger partial charge in [-0.25, -0.2) is 4.98 Å². The molecule has 0 saturated heterocycles. The Morgan fingerprint density at radius 2 is 1.85 bits per heavy atom. The topological polar surface area (TPSA) is 71.8 Å². The average molecular weight is 365 g/mol. The first-order chi connectivity index (χ1) is 12.9. The number of amides is 1. The lowest BCUT2D eigenvalue weighted by Gasteiger charge is -2.24. The molecule has 0 aliphatic heterocycles. The van der Waals surface area contributed by atoms with Crippen molar-refractivity contribution in [3.8, 4) is 0 Å². The number of pyridine rings is 1. The van der Waals surface area contributed by atoms with Crippen LogP contribution in [0.1, 0.15) is 35.6 Å². The van der Waals surface area contributed by atoms with E-state index in [9.17, 15) is 4.79 Å². The number of nitrogens with zero attached hydrogens (tertiary/aromatic N) is 3. The van der Waals surface area contributed by atoms with Crippen LogP contribution in [0.5, 0.6) is 0 Å². The Bertz CT molecular complexity index is 946. The van der Waals surface area contributed by atoms with E-state index in [4.69, 9.17) is 0 Å². The van der Waals surface area contributed by atoms with Gasteiger partial charge in [0.2, 0.25) is 0 Å². The second kappa shape index (κ2) is 7.78. The van der Waals surface area contributed by atoms with Gasteiger partial charge in [-0.15, -0.1) is 0 Å². The molecule has 0 spiro atoms. The largest absolute Gasteiger partial charge is 0.380 e. The van der Waals surface area contributed by atoms with Crippen LogP contribution in [0.3, 0.4) is 0 Å². The van der Waals surface area contributed by atoms with Gasteiger partial charge in [-0.05, 0) is 38.0 Å². The van der Waals surface area contributed by atoms with Gasteiger partial charge in [0.15, 0.2) is 5.65 Å². The minimum Gasteiger partial charge on any atom is -0.380 e. The summed E-state index contributed by atoms with van der Waals surface area (Å²) < 4.78 is 1.75. The lowest BCUT2D eigenvalue weighted by Crippen LogP contribution is -2.39. The molecule has 0 radical (unpaired) electrons. The first-order valence-electron chi connectivity index (χ1n) is 9.27. The summed E-state index contributed by atoms with van der Waals surface area (Å²) in [5.74, 6) is 0.262. The zero-order valence-corrected chi connectivity index (χ0v) is 16.6. The molecule has 1 amide bonds. The fourth-order valence-electron chi connectivity index (χ4n) is 3.16. The van der Waals surface area contributed by atoms with Crippen LogP contribution >= 0.6 is 0 Å². The normalized spacial score (nSPS) is 12.4. The lowest BCUT2D eigenvalue weighted by atomic mass is 10.0. The van der Waals surface area contributed by atoms with Gasteiger partial charge in [0.05, 0.1) is 17.0 Å². The second-order valence-corrected chi connectivity index (χ2v) is 7.27. The first kappa shape index (κ1) is 18.9. The molecule has 2 N–H and O–H groups in total. The van der Waals surface area contributed by atoms with Crippen molar-refractivity contribution in [2.24, 2.45) is 13.0 Å². The van der Waals surface area contributed by atoms with Gasteiger partial charge in [0.1, 0.15) is 0 Å². The van der Waals surface area contributed by atoms with Crippen LogP contribution in [-0.2, 0) is 7.05 Å². The zero-order valence-electron chi connectivity index (χ0n) is 16.6. The molecule has 1 unspecified atom stereocenters. The van der Waals surface area contributed by atoms with Gasteiger partial charge < -0.3 is 10.6 Å². The molecule has 6 nitrogen and oxygen atoms in total. The predicted molar refractivity (Wildman–Crippen MR) is 109 cm³/mol. The van der Waals surface area contributed by atoms with E-state index in [1.54, 1.807) is 4.68 Å². The van der Waals surface area contributed by atoms with Gasteiger partial charge in [-0.1, -0.05) is 32.0 Å². The van der Waals surface area contributed by atoms with Crippen molar-refractivity contribution in [2.75, 3.05) is 11.9 Å². The quantitative estimate of drug-likeness (QED) is 0.702. The highest BCUT2D eigenvalue weighted by molar-refractivity contribution is 5.98. The van der Waals surface area contributed by atoms with Crippen LogP contribution in [-0.4, -0.2) is 33.3 Å². The number of carbonyl (C=O) groups excluding carboxylic acids is 1. The maximum atomic E-state index is 12.8. The third-order valence-electron chi connectivity index (χ3n) is 4.85. The second-order valence-electron chi connectivity index (χ2n) is 7.27. The van der Waals surface area contributed by atoms with Crippen LogP contribution in [0, 0.1) is 19.8 Å². The number of hydrogen-bond acceptors (Lipinski definition) is 4. The number of hydrogen-bond donors (Lipinski definition) is 2. The van der Waals surface area contributed by atoms with Crippen molar-refractivity contribution < 1.29 is 4.79 Å². The highest BCUT2D eigenvalue weighted by atomic mass is 16.1. The Hall–Kier alpha value is -2.89. The molecule has 0 bridgehead atoms. The average Bonchev–Trinajstić information content (AvgIpc) is 2.91. The smallest absolute Gasteiger partial charge is 0.253 e. The lowest BCUT2D eigenvalue weighted by molar-refractivity contribution is 0.0949. The Morgan fingerprint density at radius 1 is 1.15 bits per heavy atom. The van der Waals surface area contributed by atoms with Crippen molar-refractivity contribution in [3.05, 3.63) is 53.3 Å². The van der Waals surface area contributed by atoms with E-state index >= 15 is 0 Å². The number of fused-ring (bicyclic) bond motifs is 1. The van der Waals surface area contributed by atoms with E-state index in [-0.39, 0.29) is 11.9 Å². The van der Waals surface area contributed by atoms with E-state index in [0.29, 0.717) is 23.7 Å². The summed E-state index contributed by atoms with van der Waals surface area (Å²) in [4.78, 5) is 17.4. The number of rotatable bonds is 6. The standard InChI is InChI=1S/C21H27N5O/c1-13(2)19(24-16-9-7-6-8-10-16)12-22-21(27)18-11-17-15(4)25-26(5)20(17)23-14(18)3/h6-11,13,19,24H,12H2,1-5H3,(H,22,27). The maximum absolute atomic E-state index is 12.8. The minimum atomic E-state index is -0.106. The Labute approximate surface area is 160 Å². The molecule has 27 heavy (non-hydrogen) atoms. The van der Waals surface area contributed by atoms with Crippen LogP contribution in [0.15, 0.2) is 36.4 Å². The molecule has 0 aliphatic carbocycles. The third-order valence-corrected chi connectivity index (χ3v) is 4.85. The summed E-state index contributed by atoms with van der Waals surface area (Å²) in [5.41, 5.74) is 4.03. The van der Waals surface area contributed by atoms with Crippen molar-refractivity contribution in [1.29, 1.82) is 0 Å². The Morgan fingerprint density at radius 3 is 2.52 bits per heavy atom. The van der Waals surface area contributed by atoms with E-state index in [1.165, 1.54) is 0 Å². The summed E-state index contributed by atoms with van der Waals surface area (Å²) in [6.45, 7) is 8.61. The minimum absolute atomic E-state index is 0.106. The number of para-hydroxylation sites is 1. The number of benzene rings is 1. The van der Waals surface area contributed by atoms with Crippen LogP contribution in [0.25, 0.3) is 11.0 Å². The fraction of sp³-hybridized carbons (Fsp3) is 0.381. The van der Waals surface area contributed by atoms with Crippen LogP contribution < -0.4 is 10.6 Å². The van der Waals surface area contributed by atoms with E-state index in [2.05, 4.69) is 34.6 Å². The van der Waals surface area contributed by atoms with E-state index in [1.807, 2.05) is 57.3 Å². The van der Waals surface area contributed by atoms with Crippen LogP contribution in [0.2, 0.25) is 0 Å². The highest BCUT2D eigenvalue weighted by Crippen LogP contribution is 2.19. The maximum Gasteiger partial charge on any atom is 0.253 e. The molecule has 1 aromatic carbocycles. The number of carbonyl (C=O) groups is 1. The van der Waals surface area contributed by atoms with E-state index in [0.717, 1.165) is 22.4 Å². The summed E-state index contributed by atoms with van der Waals surface area (Å²) in [6.07, 6.45) is 0. The van der Waals surface area contributed by atoms with Gasteiger partial charge in [-0.3, -0.25) is 9.48 Å². The molecule has 3 rings (SSSR count). The van der Waals surface area contributed by atoms with Crippen molar-refractivity contribution in [2.45, 2.75) is 33.7 Å². The first-order valence-corrected chi connectivity index (χ1v) is 9.27. The molecule has 0 saturated carbocycles. The summed E-state index contributed by atoms with van der Waals surface area (Å²) >= 11 is 0. The zero-order chi connectivity index (χ0) is 19.6. The summed E-state index contributed by atoms with van der Waals surface area (Å²) in [7, 11) is 1.87. The number of nitrogens with one attached hydrogen (secondary N) is 2. The fourth-order valence-corrected chi connectivity index (χ4v) is 3.16. The van der Waals surface area contributed by atoms with Crippen LogP contribution in [0.4, 0.5) is 5.69 Å². The molecule has 6 heteroatoms. The molecule has 1 atom stereocenters. The Kier molecular flexibility index (Phi) is 5.44. The number of aromatic nitrogens is 3. The molecular weight excluding hydrogens is 338 g/mol. The van der Waals surface area contributed by atoms with Crippen molar-refractivity contribution >= 4 is 22.6 Å². The molecular formula is C21H27N5O. The van der Waals surface area contributed by atoms with Crippen molar-refractivity contribution in [1.82, 2.24) is 20.1 Å². The van der Waals surface area contributed by atoms with Gasteiger partial charge in [0, 0.05) is 30.7 Å². The SMILES string of the molecule is Cc1nc2c(cc1C(=O)NCC(Nc1ccccc1)C(C)C)c(C)nn2C. The number of anilines is 1. The third kappa shape index (κ3) is 4.10. The molecule has 0 aliphatic rings.